The molecule has 24 heavy (non-hydrogen) atoms. The standard InChI is InChI=1S/C18H24N4OS/c1-2-12-22-17(15-8-10-19-11-9-15)20-21-18(22)24-13-16(23)14-6-4-3-5-7-14/h2-7,15-16,19,23H,1,8-13H2. The molecule has 1 atom stereocenters. The number of benzene rings is 1. The van der Waals surface area contributed by atoms with Crippen molar-refractivity contribution in [3.05, 3.63) is 54.4 Å². The average molecular weight is 344 g/mol. The Hall–Kier alpha value is -1.63. The van der Waals surface area contributed by atoms with Crippen LogP contribution in [0.25, 0.3) is 0 Å². The highest BCUT2D eigenvalue weighted by Gasteiger charge is 2.23. The number of hydrogen-bond donors (Lipinski definition) is 2. The van der Waals surface area contributed by atoms with E-state index in [1.807, 2.05) is 36.4 Å². The minimum absolute atomic E-state index is 0.451. The van der Waals surface area contributed by atoms with Gasteiger partial charge in [-0.25, -0.2) is 0 Å². The van der Waals surface area contributed by atoms with E-state index in [0.29, 0.717) is 18.2 Å². The lowest BCUT2D eigenvalue weighted by atomic mass is 9.97. The largest absolute Gasteiger partial charge is 0.388 e. The fourth-order valence-electron chi connectivity index (χ4n) is 3.01. The topological polar surface area (TPSA) is 63.0 Å². The highest BCUT2D eigenvalue weighted by molar-refractivity contribution is 7.99. The molecular formula is C18H24N4OS. The van der Waals surface area contributed by atoms with Crippen molar-refractivity contribution >= 4 is 11.8 Å². The van der Waals surface area contributed by atoms with Crippen molar-refractivity contribution in [2.24, 2.45) is 0 Å². The second-order valence-electron chi connectivity index (χ2n) is 6.00. The normalized spacial score (nSPS) is 16.9. The molecule has 1 fully saturated rings. The molecule has 1 aromatic heterocycles. The Labute approximate surface area is 147 Å². The fourth-order valence-corrected chi connectivity index (χ4v) is 3.94. The van der Waals surface area contributed by atoms with E-state index >= 15 is 0 Å². The van der Waals surface area contributed by atoms with Crippen LogP contribution in [0, 0.1) is 0 Å². The summed E-state index contributed by atoms with van der Waals surface area (Å²) in [5.41, 5.74) is 0.929. The molecule has 2 aromatic rings. The minimum atomic E-state index is -0.507. The lowest BCUT2D eigenvalue weighted by molar-refractivity contribution is 0.204. The summed E-state index contributed by atoms with van der Waals surface area (Å²) < 4.78 is 2.14. The van der Waals surface area contributed by atoms with Gasteiger partial charge in [-0.15, -0.1) is 16.8 Å². The zero-order valence-corrected chi connectivity index (χ0v) is 14.6. The first kappa shape index (κ1) is 17.2. The SMILES string of the molecule is C=CCn1c(SCC(O)c2ccccc2)nnc1C1CCNCC1. The van der Waals surface area contributed by atoms with Crippen molar-refractivity contribution in [3.8, 4) is 0 Å². The fraction of sp³-hybridized carbons (Fsp3) is 0.444. The van der Waals surface area contributed by atoms with Gasteiger partial charge < -0.3 is 15.0 Å². The van der Waals surface area contributed by atoms with Gasteiger partial charge in [0.2, 0.25) is 0 Å². The summed E-state index contributed by atoms with van der Waals surface area (Å²) in [6.07, 6.45) is 3.55. The van der Waals surface area contributed by atoms with Crippen LogP contribution >= 0.6 is 11.8 Å². The van der Waals surface area contributed by atoms with E-state index in [4.69, 9.17) is 0 Å². The van der Waals surface area contributed by atoms with Crippen LogP contribution in [0.4, 0.5) is 0 Å². The molecule has 0 radical (unpaired) electrons. The molecule has 1 unspecified atom stereocenters. The van der Waals surface area contributed by atoms with Crippen LogP contribution < -0.4 is 5.32 Å². The van der Waals surface area contributed by atoms with Gasteiger partial charge in [0, 0.05) is 18.2 Å². The summed E-state index contributed by atoms with van der Waals surface area (Å²) in [6, 6.07) is 9.73. The third kappa shape index (κ3) is 4.06. The molecule has 1 aliphatic heterocycles. The number of nitrogens with one attached hydrogen (secondary N) is 1. The molecule has 2 heterocycles. The van der Waals surface area contributed by atoms with Gasteiger partial charge in [-0.3, -0.25) is 0 Å². The summed E-state index contributed by atoms with van der Waals surface area (Å²) in [5.74, 6) is 2.06. The Morgan fingerprint density at radius 2 is 2.04 bits per heavy atom. The van der Waals surface area contributed by atoms with Crippen LogP contribution in [0.15, 0.2) is 48.1 Å². The Balaban J connectivity index is 1.70. The number of nitrogens with zero attached hydrogens (tertiary/aromatic N) is 3. The van der Waals surface area contributed by atoms with Crippen molar-refractivity contribution < 1.29 is 5.11 Å². The van der Waals surface area contributed by atoms with Gasteiger partial charge in [-0.2, -0.15) is 0 Å². The van der Waals surface area contributed by atoms with Gasteiger partial charge in [0.15, 0.2) is 5.16 Å². The number of aliphatic hydroxyl groups excluding tert-OH is 1. The molecule has 6 heteroatoms. The number of allylic oxidation sites excluding steroid dienone is 1. The number of aromatic nitrogens is 3. The third-order valence-electron chi connectivity index (χ3n) is 4.32. The van der Waals surface area contributed by atoms with Gasteiger partial charge in [0.05, 0.1) is 6.10 Å². The summed E-state index contributed by atoms with van der Waals surface area (Å²) in [5, 5.41) is 23.4. The lowest BCUT2D eigenvalue weighted by Crippen LogP contribution is -2.28. The maximum absolute atomic E-state index is 10.4. The van der Waals surface area contributed by atoms with Gasteiger partial charge in [-0.05, 0) is 31.5 Å². The van der Waals surface area contributed by atoms with E-state index in [1.54, 1.807) is 11.8 Å². The van der Waals surface area contributed by atoms with Crippen molar-refractivity contribution in [2.45, 2.75) is 36.6 Å². The molecule has 1 aliphatic rings. The first-order chi connectivity index (χ1) is 11.8. The van der Waals surface area contributed by atoms with E-state index in [-0.39, 0.29) is 0 Å². The van der Waals surface area contributed by atoms with E-state index in [9.17, 15) is 5.11 Å². The number of hydrogen-bond acceptors (Lipinski definition) is 5. The summed E-state index contributed by atoms with van der Waals surface area (Å²) in [4.78, 5) is 0. The van der Waals surface area contributed by atoms with Gasteiger partial charge in [-0.1, -0.05) is 48.2 Å². The van der Waals surface area contributed by atoms with Crippen LogP contribution in [0.2, 0.25) is 0 Å². The maximum atomic E-state index is 10.4. The van der Waals surface area contributed by atoms with Crippen molar-refractivity contribution in [1.29, 1.82) is 0 Å². The third-order valence-corrected chi connectivity index (χ3v) is 5.36. The highest BCUT2D eigenvalue weighted by Crippen LogP contribution is 2.29. The molecule has 0 amide bonds. The highest BCUT2D eigenvalue weighted by atomic mass is 32.2. The molecule has 5 nitrogen and oxygen atoms in total. The Kier molecular flexibility index (Phi) is 6.07. The van der Waals surface area contributed by atoms with Gasteiger partial charge in [0.25, 0.3) is 0 Å². The average Bonchev–Trinajstić information content (AvgIpc) is 3.04. The zero-order valence-electron chi connectivity index (χ0n) is 13.8. The van der Waals surface area contributed by atoms with Gasteiger partial charge >= 0.3 is 0 Å². The van der Waals surface area contributed by atoms with E-state index in [2.05, 4.69) is 26.7 Å². The molecule has 0 aliphatic carbocycles. The molecule has 0 spiro atoms. The smallest absolute Gasteiger partial charge is 0.191 e. The Morgan fingerprint density at radius 1 is 1.29 bits per heavy atom. The maximum Gasteiger partial charge on any atom is 0.191 e. The van der Waals surface area contributed by atoms with Crippen molar-refractivity contribution in [2.75, 3.05) is 18.8 Å². The molecular weight excluding hydrogens is 320 g/mol. The van der Waals surface area contributed by atoms with Crippen molar-refractivity contribution in [1.82, 2.24) is 20.1 Å². The van der Waals surface area contributed by atoms with Crippen LogP contribution in [0.1, 0.15) is 36.3 Å². The number of rotatable bonds is 7. The quantitative estimate of drug-likeness (QED) is 0.597. The lowest BCUT2D eigenvalue weighted by Gasteiger charge is -2.22. The van der Waals surface area contributed by atoms with E-state index < -0.39 is 6.10 Å². The number of thioether (sulfide) groups is 1. The Morgan fingerprint density at radius 3 is 2.75 bits per heavy atom. The van der Waals surface area contributed by atoms with E-state index in [1.165, 1.54) is 0 Å². The second-order valence-corrected chi connectivity index (χ2v) is 6.99. The molecule has 2 N–H and O–H groups in total. The summed E-state index contributed by atoms with van der Waals surface area (Å²) in [6.45, 7) is 6.62. The molecule has 1 saturated heterocycles. The first-order valence-electron chi connectivity index (χ1n) is 8.40. The van der Waals surface area contributed by atoms with Crippen molar-refractivity contribution in [3.63, 3.8) is 0 Å². The number of aliphatic hydroxyl groups is 1. The molecule has 1 aromatic carbocycles. The zero-order chi connectivity index (χ0) is 16.8. The van der Waals surface area contributed by atoms with Crippen LogP contribution in [-0.4, -0.2) is 38.7 Å². The minimum Gasteiger partial charge on any atom is -0.388 e. The summed E-state index contributed by atoms with van der Waals surface area (Å²) in [7, 11) is 0. The monoisotopic (exact) mass is 344 g/mol. The second kappa shape index (κ2) is 8.46. The first-order valence-corrected chi connectivity index (χ1v) is 9.38. The van der Waals surface area contributed by atoms with E-state index in [0.717, 1.165) is 42.5 Å². The molecule has 3 rings (SSSR count). The molecule has 0 saturated carbocycles. The van der Waals surface area contributed by atoms with Crippen LogP contribution in [0.5, 0.6) is 0 Å². The predicted molar refractivity (Wildman–Crippen MR) is 97.2 cm³/mol. The molecule has 128 valence electrons. The number of piperidine rings is 1. The Bertz CT molecular complexity index is 652. The summed E-state index contributed by atoms with van der Waals surface area (Å²) >= 11 is 1.55. The predicted octanol–water partition coefficient (Wildman–Crippen LogP) is 2.76. The molecule has 0 bridgehead atoms. The van der Waals surface area contributed by atoms with Crippen LogP contribution in [-0.2, 0) is 6.54 Å². The van der Waals surface area contributed by atoms with Crippen LogP contribution in [0.3, 0.4) is 0 Å². The van der Waals surface area contributed by atoms with Gasteiger partial charge in [0.1, 0.15) is 5.82 Å².